The molecule has 2 amide bonds. The fourth-order valence-corrected chi connectivity index (χ4v) is 6.72. The van der Waals surface area contributed by atoms with Crippen LogP contribution >= 0.6 is 23.1 Å². The predicted molar refractivity (Wildman–Crippen MR) is 140 cm³/mol. The van der Waals surface area contributed by atoms with Gasteiger partial charge in [0.25, 0.3) is 0 Å². The number of fused-ring (bicyclic) bond motifs is 3. The third-order valence-corrected chi connectivity index (χ3v) is 8.65. The smallest absolute Gasteiger partial charge is 0.234 e. The highest BCUT2D eigenvalue weighted by atomic mass is 32.2. The number of thioether (sulfide) groups is 1. The summed E-state index contributed by atoms with van der Waals surface area (Å²) in [5.41, 5.74) is 3.82. The van der Waals surface area contributed by atoms with E-state index in [9.17, 15) is 9.59 Å². The van der Waals surface area contributed by atoms with Crippen LogP contribution in [0.25, 0.3) is 10.2 Å². The number of amides is 2. The van der Waals surface area contributed by atoms with Crippen LogP contribution in [0.5, 0.6) is 0 Å². The number of anilines is 2. The van der Waals surface area contributed by atoms with Gasteiger partial charge in [0.05, 0.1) is 5.75 Å². The maximum Gasteiger partial charge on any atom is 0.234 e. The fourth-order valence-electron chi connectivity index (χ4n) is 4.40. The van der Waals surface area contributed by atoms with E-state index in [1.807, 2.05) is 43.4 Å². The van der Waals surface area contributed by atoms with Gasteiger partial charge in [-0.2, -0.15) is 0 Å². The van der Waals surface area contributed by atoms with Crippen molar-refractivity contribution in [1.82, 2.24) is 9.97 Å². The van der Waals surface area contributed by atoms with Gasteiger partial charge in [-0.25, -0.2) is 9.97 Å². The molecule has 1 unspecified atom stereocenters. The highest BCUT2D eigenvalue weighted by molar-refractivity contribution is 8.00. The van der Waals surface area contributed by atoms with Crippen molar-refractivity contribution in [2.75, 3.05) is 16.4 Å². The van der Waals surface area contributed by atoms with E-state index in [-0.39, 0.29) is 11.8 Å². The lowest BCUT2D eigenvalue weighted by Crippen LogP contribution is -2.15. The maximum atomic E-state index is 12.8. The zero-order valence-electron chi connectivity index (χ0n) is 19.9. The van der Waals surface area contributed by atoms with Crippen molar-refractivity contribution >= 4 is 56.5 Å². The number of hydrogen-bond acceptors (Lipinski definition) is 6. The normalized spacial score (nSPS) is 17.4. The lowest BCUT2D eigenvalue weighted by atomic mass is 9.89. The molecule has 2 heterocycles. The molecule has 34 heavy (non-hydrogen) atoms. The van der Waals surface area contributed by atoms with Crippen molar-refractivity contribution in [3.05, 3.63) is 40.0 Å². The number of benzene rings is 1. The van der Waals surface area contributed by atoms with Gasteiger partial charge in [-0.1, -0.05) is 25.6 Å². The van der Waals surface area contributed by atoms with Crippen LogP contribution in [0.2, 0.25) is 0 Å². The van der Waals surface area contributed by atoms with E-state index in [1.165, 1.54) is 34.0 Å². The Hall–Kier alpha value is -2.45. The molecule has 1 aromatic carbocycles. The Morgan fingerprint density at radius 1 is 1.15 bits per heavy atom. The molecule has 0 spiro atoms. The lowest BCUT2D eigenvalue weighted by molar-refractivity contribution is -0.116. The summed E-state index contributed by atoms with van der Waals surface area (Å²) in [6.07, 6.45) is 6.14. The second-order valence-corrected chi connectivity index (χ2v) is 11.5. The molecular formula is C26H30N4O2S2. The van der Waals surface area contributed by atoms with E-state index >= 15 is 0 Å². The summed E-state index contributed by atoms with van der Waals surface area (Å²) in [5, 5.41) is 8.02. The van der Waals surface area contributed by atoms with Crippen LogP contribution in [0.4, 0.5) is 11.4 Å². The van der Waals surface area contributed by atoms with Crippen LogP contribution in [0.15, 0.2) is 23.2 Å². The van der Waals surface area contributed by atoms with Crippen LogP contribution < -0.4 is 10.6 Å². The summed E-state index contributed by atoms with van der Waals surface area (Å²) in [6.45, 7) is 6.07. The molecule has 2 aliphatic rings. The van der Waals surface area contributed by atoms with E-state index in [0.29, 0.717) is 24.0 Å². The SMILES string of the molecule is CCC(=O)Nc1ccc(NC(=O)CSc2nc(C3CC3)nc3sc4c(c23)CCC(C)C4)cc1C. The Kier molecular flexibility index (Phi) is 6.62. The lowest BCUT2D eigenvalue weighted by Gasteiger charge is -2.18. The number of carbonyl (C=O) groups excluding carboxylic acids is 2. The topological polar surface area (TPSA) is 84.0 Å². The largest absolute Gasteiger partial charge is 0.326 e. The Labute approximate surface area is 208 Å². The van der Waals surface area contributed by atoms with Gasteiger partial charge in [0.1, 0.15) is 15.7 Å². The van der Waals surface area contributed by atoms with Crippen molar-refractivity contribution in [3.8, 4) is 0 Å². The van der Waals surface area contributed by atoms with Crippen LogP contribution in [-0.2, 0) is 22.4 Å². The van der Waals surface area contributed by atoms with E-state index in [0.717, 1.165) is 58.3 Å². The number of aromatic nitrogens is 2. The van der Waals surface area contributed by atoms with Crippen molar-refractivity contribution in [2.24, 2.45) is 5.92 Å². The van der Waals surface area contributed by atoms with Gasteiger partial charge < -0.3 is 10.6 Å². The minimum atomic E-state index is -0.0628. The number of nitrogens with zero attached hydrogens (tertiary/aromatic N) is 2. The standard InChI is InChI=1S/C26H30N4O2S2/c1-4-21(31)28-19-10-8-17(12-15(19)3)27-22(32)13-33-25-23-18-9-5-14(2)11-20(18)34-26(23)30-24(29-25)16-6-7-16/h8,10,12,14,16H,4-7,9,11,13H2,1-3H3,(H,27,32)(H,28,31). The van der Waals surface area contributed by atoms with Crippen LogP contribution in [-0.4, -0.2) is 27.5 Å². The molecule has 3 aromatic rings. The molecule has 1 atom stereocenters. The second-order valence-electron chi connectivity index (χ2n) is 9.46. The van der Waals surface area contributed by atoms with Crippen LogP contribution in [0.1, 0.15) is 67.3 Å². The molecule has 0 aliphatic heterocycles. The van der Waals surface area contributed by atoms with Gasteiger partial charge in [0.15, 0.2) is 0 Å². The molecule has 0 radical (unpaired) electrons. The first-order valence-corrected chi connectivity index (χ1v) is 13.9. The van der Waals surface area contributed by atoms with E-state index in [2.05, 4.69) is 17.6 Å². The number of carbonyl (C=O) groups is 2. The first kappa shape index (κ1) is 23.3. The summed E-state index contributed by atoms with van der Waals surface area (Å²) in [6, 6.07) is 5.55. The van der Waals surface area contributed by atoms with Gasteiger partial charge in [-0.3, -0.25) is 9.59 Å². The van der Waals surface area contributed by atoms with Crippen molar-refractivity contribution in [3.63, 3.8) is 0 Å². The molecule has 1 fully saturated rings. The Balaban J connectivity index is 1.32. The Morgan fingerprint density at radius 3 is 2.71 bits per heavy atom. The van der Waals surface area contributed by atoms with E-state index in [1.54, 1.807) is 0 Å². The molecule has 0 saturated heterocycles. The van der Waals surface area contributed by atoms with Crippen molar-refractivity contribution < 1.29 is 9.59 Å². The van der Waals surface area contributed by atoms with Crippen LogP contribution in [0.3, 0.4) is 0 Å². The first-order valence-electron chi connectivity index (χ1n) is 12.1. The molecule has 5 rings (SSSR count). The molecular weight excluding hydrogens is 464 g/mol. The molecule has 2 aromatic heterocycles. The molecule has 2 N–H and O–H groups in total. The quantitative estimate of drug-likeness (QED) is 0.307. The number of thiophene rings is 1. The minimum absolute atomic E-state index is 0.0249. The van der Waals surface area contributed by atoms with Gasteiger partial charge in [0, 0.05) is 34.0 Å². The zero-order valence-corrected chi connectivity index (χ0v) is 21.5. The van der Waals surface area contributed by atoms with Gasteiger partial charge in [-0.15, -0.1) is 11.3 Å². The molecule has 178 valence electrons. The van der Waals surface area contributed by atoms with E-state index < -0.39 is 0 Å². The predicted octanol–water partition coefficient (Wildman–Crippen LogP) is 6.08. The van der Waals surface area contributed by atoms with Gasteiger partial charge in [0.2, 0.25) is 11.8 Å². The number of aryl methyl sites for hydroxylation is 2. The third kappa shape index (κ3) is 4.98. The highest BCUT2D eigenvalue weighted by Gasteiger charge is 2.30. The number of rotatable bonds is 7. The minimum Gasteiger partial charge on any atom is -0.326 e. The zero-order chi connectivity index (χ0) is 23.8. The molecule has 6 nitrogen and oxygen atoms in total. The molecule has 8 heteroatoms. The molecule has 1 saturated carbocycles. The Bertz CT molecular complexity index is 1270. The number of nitrogens with one attached hydrogen (secondary N) is 2. The summed E-state index contributed by atoms with van der Waals surface area (Å²) in [7, 11) is 0. The van der Waals surface area contributed by atoms with Gasteiger partial charge >= 0.3 is 0 Å². The summed E-state index contributed by atoms with van der Waals surface area (Å²) in [4.78, 5) is 36.9. The molecule has 0 bridgehead atoms. The summed E-state index contributed by atoms with van der Waals surface area (Å²) >= 11 is 3.35. The average molecular weight is 495 g/mol. The summed E-state index contributed by atoms with van der Waals surface area (Å²) < 4.78 is 0. The van der Waals surface area contributed by atoms with Gasteiger partial charge in [-0.05, 0) is 74.3 Å². The second kappa shape index (κ2) is 9.66. The van der Waals surface area contributed by atoms with Crippen molar-refractivity contribution in [2.45, 2.75) is 70.2 Å². The third-order valence-electron chi connectivity index (χ3n) is 6.53. The summed E-state index contributed by atoms with van der Waals surface area (Å²) in [5.74, 6) is 2.34. The van der Waals surface area contributed by atoms with Crippen molar-refractivity contribution in [1.29, 1.82) is 0 Å². The van der Waals surface area contributed by atoms with Crippen LogP contribution in [0, 0.1) is 12.8 Å². The average Bonchev–Trinajstić information content (AvgIpc) is 3.60. The molecule has 2 aliphatic carbocycles. The first-order chi connectivity index (χ1) is 16.4. The highest BCUT2D eigenvalue weighted by Crippen LogP contribution is 2.44. The maximum absolute atomic E-state index is 12.8. The monoisotopic (exact) mass is 494 g/mol. The van der Waals surface area contributed by atoms with E-state index in [4.69, 9.17) is 9.97 Å². The Morgan fingerprint density at radius 2 is 1.97 bits per heavy atom. The number of hydrogen-bond donors (Lipinski definition) is 2. The fraction of sp³-hybridized carbons (Fsp3) is 0.462.